The molecule has 0 radical (unpaired) electrons. The van der Waals surface area contributed by atoms with Crippen LogP contribution in [0, 0.1) is 0 Å². The summed E-state index contributed by atoms with van der Waals surface area (Å²) in [6.45, 7) is 8.76. The summed E-state index contributed by atoms with van der Waals surface area (Å²) < 4.78 is 1.87. The lowest BCUT2D eigenvalue weighted by Crippen LogP contribution is -2.29. The summed E-state index contributed by atoms with van der Waals surface area (Å²) in [5, 5.41) is 10.9. The Morgan fingerprint density at radius 2 is 2.04 bits per heavy atom. The highest BCUT2D eigenvalue weighted by Gasteiger charge is 2.16. The van der Waals surface area contributed by atoms with Gasteiger partial charge in [0.2, 0.25) is 0 Å². The molecule has 0 bridgehead atoms. The van der Waals surface area contributed by atoms with Gasteiger partial charge in [0.05, 0.1) is 11.3 Å². The second kappa shape index (κ2) is 7.35. The molecule has 1 amide bonds. The number of hydrogen-bond donors (Lipinski definition) is 1. The molecule has 2 rings (SSSR count). The molecule has 2 aromatic rings. The lowest BCUT2D eigenvalue weighted by Gasteiger charge is -2.14. The number of nitrogens with zero attached hydrogens (tertiary/aromatic N) is 4. The fourth-order valence-corrected chi connectivity index (χ4v) is 2.49. The van der Waals surface area contributed by atoms with E-state index in [-0.39, 0.29) is 11.8 Å². The average molecular weight is 315 g/mol. The van der Waals surface area contributed by atoms with Crippen molar-refractivity contribution in [3.05, 3.63) is 41.2 Å². The lowest BCUT2D eigenvalue weighted by atomic mass is 10.0. The third-order valence-electron chi connectivity index (χ3n) is 3.92. The third-order valence-corrected chi connectivity index (χ3v) is 3.92. The zero-order valence-corrected chi connectivity index (χ0v) is 14.5. The normalized spacial score (nSPS) is 12.4. The van der Waals surface area contributed by atoms with Gasteiger partial charge in [0.25, 0.3) is 5.91 Å². The summed E-state index contributed by atoms with van der Waals surface area (Å²) in [5.41, 5.74) is 2.52. The van der Waals surface area contributed by atoms with E-state index in [1.54, 1.807) is 6.33 Å². The van der Waals surface area contributed by atoms with Crippen LogP contribution in [-0.4, -0.2) is 32.2 Å². The Hall–Kier alpha value is -2.24. The summed E-state index contributed by atoms with van der Waals surface area (Å²) in [7, 11) is 1.90. The van der Waals surface area contributed by atoms with Crippen molar-refractivity contribution in [2.24, 2.45) is 7.05 Å². The van der Waals surface area contributed by atoms with Gasteiger partial charge in [-0.2, -0.15) is 0 Å². The molecule has 2 aromatic heterocycles. The molecule has 124 valence electrons. The van der Waals surface area contributed by atoms with Crippen LogP contribution < -0.4 is 5.32 Å². The Morgan fingerprint density at radius 3 is 2.61 bits per heavy atom. The topological polar surface area (TPSA) is 72.7 Å². The van der Waals surface area contributed by atoms with Crippen molar-refractivity contribution in [2.75, 3.05) is 6.54 Å². The van der Waals surface area contributed by atoms with Gasteiger partial charge in [-0.3, -0.25) is 9.78 Å². The van der Waals surface area contributed by atoms with Gasteiger partial charge in [-0.15, -0.1) is 10.2 Å². The van der Waals surface area contributed by atoms with Gasteiger partial charge in [-0.1, -0.05) is 27.7 Å². The molecule has 1 N–H and O–H groups in total. The lowest BCUT2D eigenvalue weighted by molar-refractivity contribution is 0.0950. The molecule has 0 fully saturated rings. The van der Waals surface area contributed by atoms with E-state index in [4.69, 9.17) is 0 Å². The Kier molecular flexibility index (Phi) is 5.47. The van der Waals surface area contributed by atoms with Gasteiger partial charge in [0.1, 0.15) is 12.2 Å². The minimum atomic E-state index is -0.0846. The summed E-state index contributed by atoms with van der Waals surface area (Å²) >= 11 is 0. The van der Waals surface area contributed by atoms with Crippen molar-refractivity contribution in [1.29, 1.82) is 0 Å². The van der Waals surface area contributed by atoms with E-state index in [1.807, 2.05) is 37.6 Å². The summed E-state index contributed by atoms with van der Waals surface area (Å²) in [6, 6.07) is 3.81. The molecule has 0 aliphatic heterocycles. The second-order valence-corrected chi connectivity index (χ2v) is 6.15. The highest BCUT2D eigenvalue weighted by molar-refractivity contribution is 5.95. The van der Waals surface area contributed by atoms with Crippen LogP contribution in [-0.2, 0) is 13.5 Å². The predicted octanol–water partition coefficient (Wildman–Crippen LogP) is 2.43. The number of pyridine rings is 1. The maximum Gasteiger partial charge on any atom is 0.253 e. The van der Waals surface area contributed by atoms with Gasteiger partial charge in [-0.05, 0) is 24.5 Å². The van der Waals surface area contributed by atoms with Gasteiger partial charge in [-0.25, -0.2) is 0 Å². The molecule has 0 spiro atoms. The zero-order chi connectivity index (χ0) is 17.0. The number of hydrogen-bond acceptors (Lipinski definition) is 4. The van der Waals surface area contributed by atoms with Gasteiger partial charge >= 0.3 is 0 Å². The van der Waals surface area contributed by atoms with Crippen LogP contribution in [0.4, 0.5) is 0 Å². The van der Waals surface area contributed by atoms with Crippen molar-refractivity contribution in [2.45, 2.75) is 46.0 Å². The molecule has 0 aliphatic carbocycles. The van der Waals surface area contributed by atoms with Gasteiger partial charge in [0, 0.05) is 25.2 Å². The second-order valence-electron chi connectivity index (χ2n) is 6.15. The van der Waals surface area contributed by atoms with Crippen molar-refractivity contribution < 1.29 is 4.79 Å². The maximum atomic E-state index is 12.5. The first-order valence-corrected chi connectivity index (χ1v) is 8.05. The first-order chi connectivity index (χ1) is 10.9. The fourth-order valence-electron chi connectivity index (χ4n) is 2.49. The number of rotatable bonds is 6. The fraction of sp³-hybridized carbons (Fsp3) is 0.529. The summed E-state index contributed by atoms with van der Waals surface area (Å²) in [6.07, 6.45) is 2.40. The van der Waals surface area contributed by atoms with Crippen LogP contribution in [0.15, 0.2) is 18.5 Å². The molecule has 1 unspecified atom stereocenters. The Balaban J connectivity index is 2.07. The molecule has 1 atom stereocenters. The highest BCUT2D eigenvalue weighted by atomic mass is 16.1. The molecule has 0 saturated carbocycles. The Labute approximate surface area is 137 Å². The monoisotopic (exact) mass is 315 g/mol. The Morgan fingerprint density at radius 1 is 1.30 bits per heavy atom. The minimum Gasteiger partial charge on any atom is -0.351 e. The number of aryl methyl sites for hydroxylation is 2. The van der Waals surface area contributed by atoms with Crippen molar-refractivity contribution in [3.8, 4) is 0 Å². The molecule has 6 nitrogen and oxygen atoms in total. The highest BCUT2D eigenvalue weighted by Crippen LogP contribution is 2.16. The number of nitrogens with one attached hydrogen (secondary N) is 1. The van der Waals surface area contributed by atoms with Crippen LogP contribution in [0.1, 0.15) is 67.1 Å². The van der Waals surface area contributed by atoms with Crippen molar-refractivity contribution in [1.82, 2.24) is 25.1 Å². The maximum absolute atomic E-state index is 12.5. The van der Waals surface area contributed by atoms with Crippen LogP contribution in [0.25, 0.3) is 0 Å². The first-order valence-electron chi connectivity index (χ1n) is 8.05. The summed E-state index contributed by atoms with van der Waals surface area (Å²) in [5.74, 6) is 1.22. The molecule has 0 saturated heterocycles. The molecule has 23 heavy (non-hydrogen) atoms. The smallest absolute Gasteiger partial charge is 0.253 e. The quantitative estimate of drug-likeness (QED) is 0.888. The van der Waals surface area contributed by atoms with E-state index >= 15 is 0 Å². The van der Waals surface area contributed by atoms with E-state index in [1.165, 1.54) is 0 Å². The standard InChI is InChI=1S/C17H25N5O/c1-6-14-13(7-8-15(20-14)11(2)3)17(23)18-9-12(4)16-21-19-10-22(16)5/h7-8,10-12H,6,9H2,1-5H3,(H,18,23). The van der Waals surface area contributed by atoms with Crippen LogP contribution >= 0.6 is 0 Å². The first kappa shape index (κ1) is 17.1. The van der Waals surface area contributed by atoms with Crippen molar-refractivity contribution in [3.63, 3.8) is 0 Å². The largest absolute Gasteiger partial charge is 0.351 e. The Bertz CT molecular complexity index is 677. The third kappa shape index (κ3) is 3.94. The predicted molar refractivity (Wildman–Crippen MR) is 89.5 cm³/mol. The van der Waals surface area contributed by atoms with Gasteiger partial charge < -0.3 is 9.88 Å². The number of aromatic nitrogens is 4. The zero-order valence-electron chi connectivity index (χ0n) is 14.5. The molecule has 2 heterocycles. The van der Waals surface area contributed by atoms with Crippen LogP contribution in [0.3, 0.4) is 0 Å². The average Bonchev–Trinajstić information content (AvgIpc) is 2.97. The summed E-state index contributed by atoms with van der Waals surface area (Å²) in [4.78, 5) is 17.1. The molecule has 0 aromatic carbocycles. The SMILES string of the molecule is CCc1nc(C(C)C)ccc1C(=O)NCC(C)c1nncn1C. The van der Waals surface area contributed by atoms with E-state index in [0.29, 0.717) is 18.0 Å². The van der Waals surface area contributed by atoms with E-state index in [2.05, 4.69) is 34.3 Å². The van der Waals surface area contributed by atoms with Crippen LogP contribution in [0.5, 0.6) is 0 Å². The van der Waals surface area contributed by atoms with Crippen molar-refractivity contribution >= 4 is 5.91 Å². The van der Waals surface area contributed by atoms with E-state index in [0.717, 1.165) is 23.6 Å². The van der Waals surface area contributed by atoms with Gasteiger partial charge in [0.15, 0.2) is 0 Å². The van der Waals surface area contributed by atoms with E-state index in [9.17, 15) is 4.79 Å². The number of carbonyl (C=O) groups excluding carboxylic acids is 1. The number of carbonyl (C=O) groups is 1. The minimum absolute atomic E-state index is 0.0846. The number of amides is 1. The molecule has 6 heteroatoms. The molecular formula is C17H25N5O. The molecular weight excluding hydrogens is 290 g/mol. The van der Waals surface area contributed by atoms with E-state index < -0.39 is 0 Å². The molecule has 0 aliphatic rings. The van der Waals surface area contributed by atoms with Crippen LogP contribution in [0.2, 0.25) is 0 Å².